The van der Waals surface area contributed by atoms with Gasteiger partial charge in [-0.15, -0.1) is 0 Å². The van der Waals surface area contributed by atoms with Gasteiger partial charge in [0.2, 0.25) is 0 Å². The van der Waals surface area contributed by atoms with Crippen LogP contribution in [0.4, 0.5) is 0 Å². The Kier molecular flexibility index (Phi) is 6.09. The molecule has 24 heavy (non-hydrogen) atoms. The topological polar surface area (TPSA) is 71.3 Å². The highest BCUT2D eigenvalue weighted by atomic mass is 16.5. The highest BCUT2D eigenvalue weighted by Gasteiger charge is 2.14. The zero-order valence-electron chi connectivity index (χ0n) is 15.0. The number of hydrogen-bond donors (Lipinski definition) is 1. The Hall–Kier alpha value is -2.21. The minimum absolute atomic E-state index is 0.0734. The Morgan fingerprint density at radius 3 is 2.29 bits per heavy atom. The van der Waals surface area contributed by atoms with Gasteiger partial charge in [0.15, 0.2) is 5.82 Å². The number of nitrogens with one attached hydrogen (secondary N) is 1. The van der Waals surface area contributed by atoms with Gasteiger partial charge < -0.3 is 9.84 Å². The van der Waals surface area contributed by atoms with Crippen LogP contribution in [0.2, 0.25) is 0 Å². The van der Waals surface area contributed by atoms with Gasteiger partial charge in [0, 0.05) is 36.3 Å². The van der Waals surface area contributed by atoms with Crippen molar-refractivity contribution in [1.29, 1.82) is 0 Å². The first-order valence-electron chi connectivity index (χ1n) is 8.33. The molecule has 1 heterocycles. The molecule has 0 bridgehead atoms. The van der Waals surface area contributed by atoms with Crippen LogP contribution in [0.1, 0.15) is 43.9 Å². The van der Waals surface area contributed by atoms with Crippen LogP contribution in [-0.2, 0) is 0 Å². The van der Waals surface area contributed by atoms with Crippen LogP contribution in [0.25, 0.3) is 11.5 Å². The number of carbonyl (C=O) groups excluding carboxylic acids is 1. The zero-order chi connectivity index (χ0) is 17.7. The fourth-order valence-electron chi connectivity index (χ4n) is 2.69. The Balaban J connectivity index is 1.91. The molecule has 1 N–H and O–H groups in total. The van der Waals surface area contributed by atoms with Crippen molar-refractivity contribution in [3.05, 3.63) is 35.7 Å². The molecule has 130 valence electrons. The minimum Gasteiger partial charge on any atom is -0.351 e. The second kappa shape index (κ2) is 8.06. The van der Waals surface area contributed by atoms with Gasteiger partial charge in [-0.05, 0) is 58.9 Å². The molecule has 0 spiro atoms. The molecule has 6 nitrogen and oxygen atoms in total. The average Bonchev–Trinajstić information content (AvgIpc) is 2.97. The molecule has 0 saturated heterocycles. The smallest absolute Gasteiger partial charge is 0.257 e. The molecule has 0 aliphatic carbocycles. The van der Waals surface area contributed by atoms with E-state index in [0.717, 1.165) is 12.1 Å². The summed E-state index contributed by atoms with van der Waals surface area (Å²) in [4.78, 5) is 18.8. The third kappa shape index (κ3) is 4.64. The summed E-state index contributed by atoms with van der Waals surface area (Å²) in [5, 5.41) is 6.74. The molecule has 0 aliphatic rings. The standard InChI is InChI=1S/C18H26N4O2/c1-12(2)22(13(3)4)11-10-19-17(23)15-6-8-16(9-7-15)18-20-14(5)21-24-18/h6-9,12-13H,10-11H2,1-5H3,(H,19,23). The molecule has 2 rings (SSSR count). The lowest BCUT2D eigenvalue weighted by Crippen LogP contribution is -2.42. The van der Waals surface area contributed by atoms with Gasteiger partial charge >= 0.3 is 0 Å². The number of aryl methyl sites for hydroxylation is 1. The third-order valence-electron chi connectivity index (χ3n) is 3.90. The monoisotopic (exact) mass is 330 g/mol. The molecular formula is C18H26N4O2. The highest BCUT2D eigenvalue weighted by Crippen LogP contribution is 2.17. The van der Waals surface area contributed by atoms with E-state index >= 15 is 0 Å². The first-order valence-corrected chi connectivity index (χ1v) is 8.33. The normalized spacial score (nSPS) is 11.5. The maximum absolute atomic E-state index is 12.2. The average molecular weight is 330 g/mol. The summed E-state index contributed by atoms with van der Waals surface area (Å²) >= 11 is 0. The van der Waals surface area contributed by atoms with E-state index in [2.05, 4.69) is 48.1 Å². The van der Waals surface area contributed by atoms with Crippen LogP contribution >= 0.6 is 0 Å². The number of benzene rings is 1. The second-order valence-corrected chi connectivity index (χ2v) is 6.41. The minimum atomic E-state index is -0.0734. The summed E-state index contributed by atoms with van der Waals surface area (Å²) in [6, 6.07) is 8.09. The van der Waals surface area contributed by atoms with E-state index in [4.69, 9.17) is 4.52 Å². The predicted molar refractivity (Wildman–Crippen MR) is 93.8 cm³/mol. The van der Waals surface area contributed by atoms with E-state index in [1.54, 1.807) is 19.1 Å². The number of rotatable bonds is 7. The summed E-state index contributed by atoms with van der Waals surface area (Å²) in [5.74, 6) is 0.978. The SMILES string of the molecule is Cc1noc(-c2ccc(C(=O)NCCN(C(C)C)C(C)C)cc2)n1. The van der Waals surface area contributed by atoms with Crippen molar-refractivity contribution in [2.75, 3.05) is 13.1 Å². The summed E-state index contributed by atoms with van der Waals surface area (Å²) < 4.78 is 5.12. The van der Waals surface area contributed by atoms with Crippen molar-refractivity contribution >= 4 is 5.91 Å². The molecule has 1 amide bonds. The molecule has 6 heteroatoms. The van der Waals surface area contributed by atoms with Crippen molar-refractivity contribution in [1.82, 2.24) is 20.4 Å². The molecule has 1 aromatic heterocycles. The number of amides is 1. The number of carbonyl (C=O) groups is 1. The molecule has 0 saturated carbocycles. The largest absolute Gasteiger partial charge is 0.351 e. The lowest BCUT2D eigenvalue weighted by molar-refractivity contribution is 0.0939. The van der Waals surface area contributed by atoms with Crippen molar-refractivity contribution in [3.8, 4) is 11.5 Å². The van der Waals surface area contributed by atoms with E-state index in [1.165, 1.54) is 0 Å². The Labute approximate surface area is 143 Å². The quantitative estimate of drug-likeness (QED) is 0.845. The maximum Gasteiger partial charge on any atom is 0.257 e. The summed E-state index contributed by atoms with van der Waals surface area (Å²) in [7, 11) is 0. The van der Waals surface area contributed by atoms with Crippen LogP contribution < -0.4 is 5.32 Å². The first-order chi connectivity index (χ1) is 11.4. The molecule has 1 aromatic carbocycles. The van der Waals surface area contributed by atoms with E-state index in [0.29, 0.717) is 35.9 Å². The van der Waals surface area contributed by atoms with Gasteiger partial charge in [-0.25, -0.2) is 0 Å². The number of aromatic nitrogens is 2. The van der Waals surface area contributed by atoms with Gasteiger partial charge in [0.25, 0.3) is 11.8 Å². The van der Waals surface area contributed by atoms with Crippen LogP contribution in [0.15, 0.2) is 28.8 Å². The molecular weight excluding hydrogens is 304 g/mol. The Morgan fingerprint density at radius 1 is 1.17 bits per heavy atom. The summed E-state index contributed by atoms with van der Waals surface area (Å²) in [5.41, 5.74) is 1.42. The summed E-state index contributed by atoms with van der Waals surface area (Å²) in [6.07, 6.45) is 0. The van der Waals surface area contributed by atoms with Gasteiger partial charge in [-0.1, -0.05) is 5.16 Å². The van der Waals surface area contributed by atoms with Gasteiger partial charge in [0.05, 0.1) is 0 Å². The molecule has 0 fully saturated rings. The highest BCUT2D eigenvalue weighted by molar-refractivity contribution is 5.94. The van der Waals surface area contributed by atoms with E-state index in [9.17, 15) is 4.79 Å². The van der Waals surface area contributed by atoms with Crippen LogP contribution in [0.3, 0.4) is 0 Å². The molecule has 2 aromatic rings. The second-order valence-electron chi connectivity index (χ2n) is 6.41. The van der Waals surface area contributed by atoms with Gasteiger partial charge in [-0.2, -0.15) is 4.98 Å². The third-order valence-corrected chi connectivity index (χ3v) is 3.90. The van der Waals surface area contributed by atoms with Crippen molar-refractivity contribution < 1.29 is 9.32 Å². The lowest BCUT2D eigenvalue weighted by Gasteiger charge is -2.30. The van der Waals surface area contributed by atoms with Crippen LogP contribution in [0, 0.1) is 6.92 Å². The molecule has 0 unspecified atom stereocenters. The first kappa shape index (κ1) is 18.1. The van der Waals surface area contributed by atoms with Gasteiger partial charge in [-0.3, -0.25) is 9.69 Å². The van der Waals surface area contributed by atoms with Crippen molar-refractivity contribution in [2.45, 2.75) is 46.7 Å². The number of nitrogens with zero attached hydrogens (tertiary/aromatic N) is 3. The molecule has 0 radical (unpaired) electrons. The van der Waals surface area contributed by atoms with E-state index < -0.39 is 0 Å². The Morgan fingerprint density at radius 2 is 1.79 bits per heavy atom. The fraction of sp³-hybridized carbons (Fsp3) is 0.500. The zero-order valence-corrected chi connectivity index (χ0v) is 15.0. The fourth-order valence-corrected chi connectivity index (χ4v) is 2.69. The number of hydrogen-bond acceptors (Lipinski definition) is 5. The molecule has 0 atom stereocenters. The van der Waals surface area contributed by atoms with Crippen molar-refractivity contribution in [2.24, 2.45) is 0 Å². The molecule has 0 aliphatic heterocycles. The predicted octanol–water partition coefficient (Wildman–Crippen LogP) is 2.89. The van der Waals surface area contributed by atoms with E-state index in [1.807, 2.05) is 12.1 Å². The van der Waals surface area contributed by atoms with Gasteiger partial charge in [0.1, 0.15) is 0 Å². The summed E-state index contributed by atoms with van der Waals surface area (Å²) in [6.45, 7) is 11.9. The van der Waals surface area contributed by atoms with E-state index in [-0.39, 0.29) is 5.91 Å². The lowest BCUT2D eigenvalue weighted by atomic mass is 10.1. The van der Waals surface area contributed by atoms with Crippen LogP contribution in [0.5, 0.6) is 0 Å². The van der Waals surface area contributed by atoms with Crippen LogP contribution in [-0.4, -0.2) is 46.1 Å². The Bertz CT molecular complexity index is 654. The van der Waals surface area contributed by atoms with Crippen molar-refractivity contribution in [3.63, 3.8) is 0 Å². The maximum atomic E-state index is 12.2.